The van der Waals surface area contributed by atoms with Gasteiger partial charge in [-0.1, -0.05) is 6.92 Å². The van der Waals surface area contributed by atoms with Crippen molar-refractivity contribution in [1.29, 1.82) is 0 Å². The maximum atomic E-state index is 10.4. The molecule has 0 aromatic carbocycles. The molecule has 0 amide bonds. The molecular formula is C5H10BrNO2S. The van der Waals surface area contributed by atoms with Gasteiger partial charge in [0.2, 0.25) is 0 Å². The number of likely N-dealkylation sites (N-methyl/N-ethyl adjacent to an activating group) is 1. The Balaban J connectivity index is 3.92. The normalized spacial score (nSPS) is 13.6. The number of carbonyl (C=O) groups is 1. The number of halogens is 1. The Kier molecular flexibility index (Phi) is 5.11. The first-order chi connectivity index (χ1) is 4.63. The van der Waals surface area contributed by atoms with Crippen molar-refractivity contribution >= 4 is 34.7 Å². The van der Waals surface area contributed by atoms with Crippen LogP contribution in [0.1, 0.15) is 6.92 Å². The fraction of sp³-hybridized carbons (Fsp3) is 0.800. The molecule has 1 N–H and O–H groups in total. The number of hydrogen-bond acceptors (Lipinski definition) is 3. The van der Waals surface area contributed by atoms with Gasteiger partial charge in [0.05, 0.1) is 0 Å². The van der Waals surface area contributed by atoms with Crippen molar-refractivity contribution in [2.24, 2.45) is 0 Å². The van der Waals surface area contributed by atoms with Gasteiger partial charge in [-0.3, -0.25) is 4.79 Å². The SMILES string of the molecule is CCN(Br)[C@@H](CS)C(=O)O. The van der Waals surface area contributed by atoms with Crippen molar-refractivity contribution in [3.63, 3.8) is 0 Å². The number of thiol groups is 1. The first kappa shape index (κ1) is 10.3. The van der Waals surface area contributed by atoms with Gasteiger partial charge < -0.3 is 5.11 Å². The molecule has 10 heavy (non-hydrogen) atoms. The van der Waals surface area contributed by atoms with E-state index >= 15 is 0 Å². The molecule has 5 heteroatoms. The van der Waals surface area contributed by atoms with Gasteiger partial charge in [-0.05, 0) is 0 Å². The molecule has 0 fully saturated rings. The molecule has 0 heterocycles. The van der Waals surface area contributed by atoms with Gasteiger partial charge in [0, 0.05) is 28.4 Å². The van der Waals surface area contributed by atoms with Gasteiger partial charge in [0.15, 0.2) is 0 Å². The average Bonchev–Trinajstić information content (AvgIpc) is 1.88. The summed E-state index contributed by atoms with van der Waals surface area (Å²) in [6.45, 7) is 2.52. The van der Waals surface area contributed by atoms with Crippen LogP contribution in [0.15, 0.2) is 0 Å². The van der Waals surface area contributed by atoms with Crippen molar-refractivity contribution < 1.29 is 9.90 Å². The second kappa shape index (κ2) is 4.98. The molecule has 0 unspecified atom stereocenters. The minimum Gasteiger partial charge on any atom is -0.480 e. The zero-order valence-electron chi connectivity index (χ0n) is 5.62. The Morgan fingerprint density at radius 3 is 2.50 bits per heavy atom. The van der Waals surface area contributed by atoms with Crippen molar-refractivity contribution in [3.8, 4) is 0 Å². The van der Waals surface area contributed by atoms with E-state index in [0.29, 0.717) is 12.3 Å². The van der Waals surface area contributed by atoms with Crippen LogP contribution in [0.3, 0.4) is 0 Å². The van der Waals surface area contributed by atoms with E-state index in [1.165, 1.54) is 0 Å². The molecule has 0 rings (SSSR count). The average molecular weight is 228 g/mol. The summed E-state index contributed by atoms with van der Waals surface area (Å²) in [5.74, 6) is -0.539. The molecule has 0 saturated carbocycles. The summed E-state index contributed by atoms with van der Waals surface area (Å²) < 4.78 is 1.56. The van der Waals surface area contributed by atoms with Crippen molar-refractivity contribution in [3.05, 3.63) is 0 Å². The van der Waals surface area contributed by atoms with Crippen molar-refractivity contribution in [2.45, 2.75) is 13.0 Å². The zero-order chi connectivity index (χ0) is 8.15. The van der Waals surface area contributed by atoms with Crippen LogP contribution in [0.5, 0.6) is 0 Å². The summed E-state index contributed by atoms with van der Waals surface area (Å²) in [7, 11) is 0. The predicted molar refractivity (Wildman–Crippen MR) is 46.6 cm³/mol. The molecule has 0 radical (unpaired) electrons. The molecule has 0 aliphatic carbocycles. The highest BCUT2D eigenvalue weighted by atomic mass is 79.9. The number of hydrogen-bond donors (Lipinski definition) is 2. The van der Waals surface area contributed by atoms with Gasteiger partial charge in [-0.2, -0.15) is 12.6 Å². The van der Waals surface area contributed by atoms with Crippen molar-refractivity contribution in [1.82, 2.24) is 3.93 Å². The molecule has 0 saturated heterocycles. The lowest BCUT2D eigenvalue weighted by atomic mass is 10.3. The Labute approximate surface area is 74.1 Å². The molecule has 0 spiro atoms. The lowest BCUT2D eigenvalue weighted by Crippen LogP contribution is -2.35. The van der Waals surface area contributed by atoms with Gasteiger partial charge in [0.25, 0.3) is 0 Å². The number of carboxylic acids is 1. The second-order valence-electron chi connectivity index (χ2n) is 1.75. The predicted octanol–water partition coefficient (Wildman–Crippen LogP) is 1.00. The molecule has 0 aliphatic heterocycles. The fourth-order valence-electron chi connectivity index (χ4n) is 0.507. The van der Waals surface area contributed by atoms with E-state index in [4.69, 9.17) is 5.11 Å². The van der Waals surface area contributed by atoms with E-state index in [1.54, 1.807) is 3.93 Å². The third-order valence-corrected chi connectivity index (χ3v) is 2.44. The Morgan fingerprint density at radius 1 is 1.90 bits per heavy atom. The summed E-state index contributed by atoms with van der Waals surface area (Å²) in [5, 5.41) is 8.55. The second-order valence-corrected chi connectivity index (χ2v) is 3.03. The monoisotopic (exact) mass is 227 g/mol. The van der Waals surface area contributed by atoms with Crippen LogP contribution in [0, 0.1) is 0 Å². The topological polar surface area (TPSA) is 40.5 Å². The quantitative estimate of drug-likeness (QED) is 0.557. The highest BCUT2D eigenvalue weighted by Crippen LogP contribution is 2.06. The molecule has 0 bridgehead atoms. The van der Waals surface area contributed by atoms with Crippen LogP contribution < -0.4 is 0 Å². The van der Waals surface area contributed by atoms with Gasteiger partial charge in [-0.15, -0.1) is 0 Å². The van der Waals surface area contributed by atoms with E-state index < -0.39 is 12.0 Å². The Bertz CT molecular complexity index is 122. The molecule has 3 nitrogen and oxygen atoms in total. The third-order valence-electron chi connectivity index (χ3n) is 1.10. The van der Waals surface area contributed by atoms with Crippen LogP contribution in [0.4, 0.5) is 0 Å². The third kappa shape index (κ3) is 2.90. The molecule has 0 aromatic heterocycles. The van der Waals surface area contributed by atoms with Crippen LogP contribution in [0.2, 0.25) is 0 Å². The zero-order valence-corrected chi connectivity index (χ0v) is 8.10. The molecule has 1 atom stereocenters. The summed E-state index contributed by atoms with van der Waals surface area (Å²) in [4.78, 5) is 10.4. The molecular weight excluding hydrogens is 218 g/mol. The van der Waals surface area contributed by atoms with Gasteiger partial charge >= 0.3 is 5.97 Å². The number of carboxylic acid groups (broad SMARTS) is 1. The van der Waals surface area contributed by atoms with E-state index in [1.807, 2.05) is 6.92 Å². The molecule has 0 aliphatic rings. The summed E-state index contributed by atoms with van der Waals surface area (Å²) >= 11 is 7.00. The number of nitrogens with zero attached hydrogens (tertiary/aromatic N) is 1. The summed E-state index contributed by atoms with van der Waals surface area (Å²) in [6, 6.07) is -0.534. The lowest BCUT2D eigenvalue weighted by molar-refractivity contribution is -0.140. The largest absolute Gasteiger partial charge is 0.480 e. The Morgan fingerprint density at radius 2 is 2.40 bits per heavy atom. The van der Waals surface area contributed by atoms with E-state index in [9.17, 15) is 4.79 Å². The smallest absolute Gasteiger partial charge is 0.322 e. The van der Waals surface area contributed by atoms with Crippen LogP contribution in [-0.4, -0.2) is 33.3 Å². The van der Waals surface area contributed by atoms with Crippen LogP contribution in [0.25, 0.3) is 0 Å². The van der Waals surface area contributed by atoms with Crippen LogP contribution >= 0.6 is 28.8 Å². The lowest BCUT2D eigenvalue weighted by Gasteiger charge is -2.17. The van der Waals surface area contributed by atoms with E-state index in [0.717, 1.165) is 0 Å². The van der Waals surface area contributed by atoms with Crippen LogP contribution in [-0.2, 0) is 4.79 Å². The van der Waals surface area contributed by atoms with Gasteiger partial charge in [0.1, 0.15) is 6.04 Å². The minimum absolute atomic E-state index is 0.314. The highest BCUT2D eigenvalue weighted by molar-refractivity contribution is 9.07. The first-order valence-electron chi connectivity index (χ1n) is 2.89. The minimum atomic E-state index is -0.853. The standard InChI is InChI=1S/C5H10BrNO2S/c1-2-7(6)4(3-10)5(8)9/h4,10H,2-3H2,1H3,(H,8,9)/t4-/m0/s1. The number of rotatable bonds is 4. The Hall–Kier alpha value is 0.260. The first-order valence-corrected chi connectivity index (χ1v) is 4.23. The highest BCUT2D eigenvalue weighted by Gasteiger charge is 2.20. The number of aliphatic carboxylic acids is 1. The van der Waals surface area contributed by atoms with E-state index in [-0.39, 0.29) is 0 Å². The molecule has 60 valence electrons. The maximum Gasteiger partial charge on any atom is 0.322 e. The molecule has 0 aromatic rings. The summed E-state index contributed by atoms with van der Waals surface area (Å²) in [5.41, 5.74) is 0. The van der Waals surface area contributed by atoms with Gasteiger partial charge in [-0.25, -0.2) is 3.93 Å². The van der Waals surface area contributed by atoms with Crippen molar-refractivity contribution in [2.75, 3.05) is 12.3 Å². The van der Waals surface area contributed by atoms with E-state index in [2.05, 4.69) is 28.8 Å². The maximum absolute atomic E-state index is 10.4. The summed E-state index contributed by atoms with van der Waals surface area (Å²) in [6.07, 6.45) is 0. The fourth-order valence-corrected chi connectivity index (χ4v) is 1.40.